The first kappa shape index (κ1) is 32.4. The Kier molecular flexibility index (Phi) is 8.93. The average Bonchev–Trinajstić information content (AvgIpc) is 3.44. The van der Waals surface area contributed by atoms with E-state index >= 15 is 4.39 Å². The number of amides is 4. The summed E-state index contributed by atoms with van der Waals surface area (Å²) in [7, 11) is 3.40. The molecule has 3 aliphatic rings. The summed E-state index contributed by atoms with van der Waals surface area (Å²) >= 11 is 0. The predicted octanol–water partition coefficient (Wildman–Crippen LogP) is 4.11. The maximum atomic E-state index is 15.1. The Morgan fingerprint density at radius 1 is 1.13 bits per heavy atom. The van der Waals surface area contributed by atoms with Gasteiger partial charge in [-0.1, -0.05) is 13.0 Å². The molecular formula is C34H44FN9O3. The second-order valence-corrected chi connectivity index (χ2v) is 13.5. The Balaban J connectivity index is 1.12. The van der Waals surface area contributed by atoms with Crippen LogP contribution in [0, 0.1) is 5.82 Å². The van der Waals surface area contributed by atoms with Crippen LogP contribution in [-0.4, -0.2) is 88.2 Å². The molecule has 3 aromatic rings. The number of pyridine rings is 1. The van der Waals surface area contributed by atoms with E-state index in [0.717, 1.165) is 37.1 Å². The first-order valence-corrected chi connectivity index (χ1v) is 16.4. The summed E-state index contributed by atoms with van der Waals surface area (Å²) in [6.45, 7) is 9.68. The van der Waals surface area contributed by atoms with Crippen molar-refractivity contribution < 1.29 is 18.8 Å². The van der Waals surface area contributed by atoms with Crippen LogP contribution in [0.15, 0.2) is 36.5 Å². The third-order valence-electron chi connectivity index (χ3n) is 9.63. The fourth-order valence-corrected chi connectivity index (χ4v) is 6.82. The quantitative estimate of drug-likeness (QED) is 0.353. The lowest BCUT2D eigenvalue weighted by molar-refractivity contribution is 0.0826. The summed E-state index contributed by atoms with van der Waals surface area (Å²) in [4.78, 5) is 48.6. The Labute approximate surface area is 274 Å². The number of nitrogens with zero attached hydrogens (tertiary/aromatic N) is 6. The van der Waals surface area contributed by atoms with Gasteiger partial charge in [-0.05, 0) is 69.5 Å². The zero-order chi connectivity index (χ0) is 33.5. The van der Waals surface area contributed by atoms with E-state index in [9.17, 15) is 14.4 Å². The lowest BCUT2D eigenvalue weighted by Gasteiger charge is -2.48. The molecule has 1 spiro atoms. The van der Waals surface area contributed by atoms with Crippen molar-refractivity contribution in [3.05, 3.63) is 70.4 Å². The fraction of sp³-hybridized carbons (Fsp3) is 0.500. The van der Waals surface area contributed by atoms with Gasteiger partial charge in [0.2, 0.25) is 0 Å². The van der Waals surface area contributed by atoms with E-state index in [4.69, 9.17) is 5.10 Å². The van der Waals surface area contributed by atoms with Gasteiger partial charge in [0.1, 0.15) is 11.6 Å². The molecule has 12 nitrogen and oxygen atoms in total. The Hall–Kier alpha value is -4.52. The van der Waals surface area contributed by atoms with Crippen molar-refractivity contribution in [1.29, 1.82) is 0 Å². The van der Waals surface area contributed by atoms with E-state index in [1.54, 1.807) is 37.3 Å². The maximum Gasteiger partial charge on any atom is 0.321 e. The van der Waals surface area contributed by atoms with Crippen LogP contribution in [0.3, 0.4) is 0 Å². The van der Waals surface area contributed by atoms with Crippen LogP contribution >= 0.6 is 0 Å². The molecule has 13 heteroatoms. The van der Waals surface area contributed by atoms with Crippen LogP contribution in [-0.2, 0) is 13.1 Å². The van der Waals surface area contributed by atoms with Crippen molar-refractivity contribution in [2.24, 2.45) is 0 Å². The van der Waals surface area contributed by atoms with Gasteiger partial charge in [0, 0.05) is 81.8 Å². The zero-order valence-electron chi connectivity index (χ0n) is 27.8. The number of hydrogen-bond donors (Lipinski definition) is 3. The zero-order valence-corrected chi connectivity index (χ0v) is 27.8. The number of carbonyl (C=O) groups excluding carboxylic acids is 3. The van der Waals surface area contributed by atoms with E-state index in [1.807, 2.05) is 24.6 Å². The highest BCUT2D eigenvalue weighted by Crippen LogP contribution is 2.35. The Morgan fingerprint density at radius 3 is 2.47 bits per heavy atom. The molecule has 3 aliphatic heterocycles. The number of urea groups is 1. The number of likely N-dealkylation sites (tertiary alicyclic amines) is 1. The number of piperidine rings is 1. The number of halogens is 1. The lowest BCUT2D eigenvalue weighted by Crippen LogP contribution is -2.62. The van der Waals surface area contributed by atoms with Crippen LogP contribution in [0.1, 0.15) is 89.7 Å². The third kappa shape index (κ3) is 6.53. The second kappa shape index (κ2) is 12.9. The summed E-state index contributed by atoms with van der Waals surface area (Å²) in [6, 6.07) is 7.91. The molecule has 0 aliphatic carbocycles. The average molecular weight is 646 g/mol. The second-order valence-electron chi connectivity index (χ2n) is 13.5. The highest BCUT2D eigenvalue weighted by Gasteiger charge is 2.40. The SMILES string of the molecule is CC(C)n1nc(C(=O)NCc2ccc(NC(=O)N3CCC4(CCN4)CC3)c(F)c2)c2c1[C@@H](C)CN(c1ccc(C(=O)N(C)C)cn1)C2. The van der Waals surface area contributed by atoms with Gasteiger partial charge >= 0.3 is 6.03 Å². The molecule has 250 valence electrons. The van der Waals surface area contributed by atoms with E-state index in [2.05, 4.69) is 32.8 Å². The maximum absolute atomic E-state index is 15.1. The molecule has 2 aromatic heterocycles. The minimum absolute atomic E-state index is 0.0477. The molecule has 6 rings (SSSR count). The normalized spacial score (nSPS) is 18.5. The van der Waals surface area contributed by atoms with Crippen molar-refractivity contribution in [2.75, 3.05) is 50.5 Å². The number of rotatable bonds is 7. The minimum atomic E-state index is -0.559. The minimum Gasteiger partial charge on any atom is -0.351 e. The first-order valence-electron chi connectivity index (χ1n) is 16.4. The Bertz CT molecular complexity index is 1660. The van der Waals surface area contributed by atoms with Gasteiger partial charge in [0.15, 0.2) is 5.69 Å². The van der Waals surface area contributed by atoms with E-state index < -0.39 is 5.82 Å². The monoisotopic (exact) mass is 645 g/mol. The molecule has 0 radical (unpaired) electrons. The van der Waals surface area contributed by atoms with Gasteiger partial charge in [-0.25, -0.2) is 14.2 Å². The Morgan fingerprint density at radius 2 is 1.87 bits per heavy atom. The van der Waals surface area contributed by atoms with Gasteiger partial charge in [0.25, 0.3) is 11.8 Å². The fourth-order valence-electron chi connectivity index (χ4n) is 6.82. The predicted molar refractivity (Wildman–Crippen MR) is 177 cm³/mol. The highest BCUT2D eigenvalue weighted by atomic mass is 19.1. The summed E-state index contributed by atoms with van der Waals surface area (Å²) in [5.74, 6) is -0.250. The van der Waals surface area contributed by atoms with Gasteiger partial charge in [-0.15, -0.1) is 0 Å². The smallest absolute Gasteiger partial charge is 0.321 e. The van der Waals surface area contributed by atoms with Gasteiger partial charge in [-0.2, -0.15) is 5.10 Å². The molecule has 0 unspecified atom stereocenters. The molecule has 3 N–H and O–H groups in total. The van der Waals surface area contributed by atoms with E-state index in [1.165, 1.54) is 17.0 Å². The van der Waals surface area contributed by atoms with E-state index in [0.29, 0.717) is 48.8 Å². The molecule has 47 heavy (non-hydrogen) atoms. The molecule has 1 aromatic carbocycles. The van der Waals surface area contributed by atoms with Crippen LogP contribution < -0.4 is 20.9 Å². The van der Waals surface area contributed by atoms with Crippen LogP contribution in [0.25, 0.3) is 0 Å². The number of fused-ring (bicyclic) bond motifs is 1. The van der Waals surface area contributed by atoms with Gasteiger partial charge in [-0.3, -0.25) is 14.3 Å². The molecule has 0 bridgehead atoms. The number of hydrogen-bond acceptors (Lipinski definition) is 7. The standard InChI is InChI=1S/C34H44FN9O3/c1-21(2)44-30-22(3)19-43(28-9-7-24(18-36-28)32(46)41(4)5)20-25(30)29(40-44)31(45)37-17-23-6-8-27(26(35)16-23)39-33(47)42-14-11-34(12-15-42)10-13-38-34/h6-9,16,18,21-22,38H,10-15,17,19-20H2,1-5H3,(H,37,45)(H,39,47)/t22-/m0/s1. The number of aromatic nitrogens is 3. The number of carbonyl (C=O) groups is 3. The number of nitrogens with one attached hydrogen (secondary N) is 3. The van der Waals surface area contributed by atoms with E-state index in [-0.39, 0.29) is 47.6 Å². The topological polar surface area (TPSA) is 128 Å². The van der Waals surface area contributed by atoms with Crippen LogP contribution in [0.2, 0.25) is 0 Å². The lowest BCUT2D eigenvalue weighted by atomic mass is 9.79. The number of benzene rings is 1. The van der Waals surface area contributed by atoms with Crippen molar-refractivity contribution in [3.63, 3.8) is 0 Å². The molecule has 5 heterocycles. The van der Waals surface area contributed by atoms with Gasteiger partial charge in [0.05, 0.1) is 11.3 Å². The van der Waals surface area contributed by atoms with Crippen molar-refractivity contribution in [2.45, 2.75) is 70.6 Å². The van der Waals surface area contributed by atoms with Crippen molar-refractivity contribution in [1.82, 2.24) is 35.2 Å². The molecule has 0 saturated carbocycles. The summed E-state index contributed by atoms with van der Waals surface area (Å²) in [5.41, 5.74) is 3.52. The summed E-state index contributed by atoms with van der Waals surface area (Å²) in [6.07, 6.45) is 4.52. The van der Waals surface area contributed by atoms with Crippen molar-refractivity contribution in [3.8, 4) is 0 Å². The molecule has 2 saturated heterocycles. The van der Waals surface area contributed by atoms with Gasteiger partial charge < -0.3 is 30.7 Å². The first-order chi connectivity index (χ1) is 22.4. The largest absolute Gasteiger partial charge is 0.351 e. The summed E-state index contributed by atoms with van der Waals surface area (Å²) in [5, 5.41) is 13.9. The number of anilines is 2. The van der Waals surface area contributed by atoms with Crippen LogP contribution in [0.4, 0.5) is 20.7 Å². The molecule has 1 atom stereocenters. The molecule has 4 amide bonds. The third-order valence-corrected chi connectivity index (χ3v) is 9.63. The van der Waals surface area contributed by atoms with Crippen LogP contribution in [0.5, 0.6) is 0 Å². The van der Waals surface area contributed by atoms with Crippen molar-refractivity contribution >= 4 is 29.4 Å². The highest BCUT2D eigenvalue weighted by molar-refractivity contribution is 5.95. The summed E-state index contributed by atoms with van der Waals surface area (Å²) < 4.78 is 17.0. The molecular weight excluding hydrogens is 601 g/mol. The molecule has 2 fully saturated rings.